The summed E-state index contributed by atoms with van der Waals surface area (Å²) in [4.78, 5) is 30.8. The zero-order chi connectivity index (χ0) is 21.8. The predicted molar refractivity (Wildman–Crippen MR) is 124 cm³/mol. The molecule has 1 N–H and O–H groups in total. The van der Waals surface area contributed by atoms with Gasteiger partial charge in [0.2, 0.25) is 0 Å². The number of piperidine rings is 1. The normalized spacial score (nSPS) is 26.1. The second-order valence-electron chi connectivity index (χ2n) is 8.82. The molecule has 3 atom stereocenters. The monoisotopic (exact) mass is 419 g/mol. The lowest BCUT2D eigenvalue weighted by molar-refractivity contribution is -0.132. The number of carbonyl (C=O) groups is 2. The van der Waals surface area contributed by atoms with Crippen LogP contribution in [0.3, 0.4) is 0 Å². The van der Waals surface area contributed by atoms with Gasteiger partial charge in [-0.1, -0.05) is 62.4 Å². The molecule has 1 spiro atoms. The van der Waals surface area contributed by atoms with Gasteiger partial charge in [0, 0.05) is 24.3 Å². The van der Waals surface area contributed by atoms with Crippen molar-refractivity contribution in [3.63, 3.8) is 0 Å². The van der Waals surface area contributed by atoms with Gasteiger partial charge in [-0.05, 0) is 56.2 Å². The van der Waals surface area contributed by atoms with E-state index in [1.807, 2.05) is 53.4 Å². The summed E-state index contributed by atoms with van der Waals surface area (Å²) in [6.45, 7) is 4.75. The molecule has 31 heavy (non-hydrogen) atoms. The molecule has 2 aromatic carbocycles. The number of nitrogens with one attached hydrogen (secondary N) is 1. The van der Waals surface area contributed by atoms with E-state index < -0.39 is 5.54 Å². The molecule has 0 aliphatic carbocycles. The smallest absolute Gasteiger partial charge is 0.311 e. The van der Waals surface area contributed by atoms with Crippen molar-refractivity contribution in [2.45, 2.75) is 70.0 Å². The highest BCUT2D eigenvalue weighted by Crippen LogP contribution is 2.42. The number of imide groups is 1. The molecule has 2 aromatic rings. The van der Waals surface area contributed by atoms with Gasteiger partial charge in [0.05, 0.1) is 0 Å². The lowest BCUT2D eigenvalue weighted by atomic mass is 9.77. The minimum absolute atomic E-state index is 0.0205. The number of anilines is 1. The fraction of sp³-hybridized carbons (Fsp3) is 0.462. The van der Waals surface area contributed by atoms with Gasteiger partial charge in [0.15, 0.2) is 0 Å². The van der Waals surface area contributed by atoms with Crippen molar-refractivity contribution in [3.05, 3.63) is 66.2 Å². The molecule has 0 saturated carbocycles. The van der Waals surface area contributed by atoms with Crippen molar-refractivity contribution < 1.29 is 9.59 Å². The third-order valence-electron chi connectivity index (χ3n) is 6.82. The number of urea groups is 1. The average molecular weight is 420 g/mol. The molecule has 4 rings (SSSR count). The van der Waals surface area contributed by atoms with Crippen molar-refractivity contribution in [2.75, 3.05) is 11.4 Å². The molecule has 1 unspecified atom stereocenters. The first-order valence-corrected chi connectivity index (χ1v) is 11.6. The molecule has 0 radical (unpaired) electrons. The maximum atomic E-state index is 13.9. The zero-order valence-corrected chi connectivity index (χ0v) is 18.6. The first-order valence-electron chi connectivity index (χ1n) is 11.6. The predicted octanol–water partition coefficient (Wildman–Crippen LogP) is 4.77. The number of benzene rings is 2. The van der Waals surface area contributed by atoms with Crippen molar-refractivity contribution in [1.82, 2.24) is 10.2 Å². The van der Waals surface area contributed by atoms with Crippen molar-refractivity contribution in [3.8, 4) is 0 Å². The number of amides is 3. The van der Waals surface area contributed by atoms with Crippen molar-refractivity contribution >= 4 is 17.6 Å². The number of carbonyl (C=O) groups excluding carboxylic acids is 2. The average Bonchev–Trinajstić information content (AvgIpc) is 3.00. The number of rotatable bonds is 7. The third kappa shape index (κ3) is 4.11. The Labute approximate surface area is 185 Å². The van der Waals surface area contributed by atoms with E-state index in [-0.39, 0.29) is 24.0 Å². The Bertz CT molecular complexity index is 887. The lowest BCUT2D eigenvalue weighted by Crippen LogP contribution is -2.62. The Balaban J connectivity index is 1.63. The summed E-state index contributed by atoms with van der Waals surface area (Å²) < 4.78 is 0. The van der Waals surface area contributed by atoms with Crippen LogP contribution in [-0.2, 0) is 11.2 Å². The molecule has 5 heteroatoms. The van der Waals surface area contributed by atoms with Crippen LogP contribution < -0.4 is 10.2 Å². The van der Waals surface area contributed by atoms with Crippen LogP contribution in [0.5, 0.6) is 0 Å². The highest BCUT2D eigenvalue weighted by molar-refractivity contribution is 6.17. The summed E-state index contributed by atoms with van der Waals surface area (Å²) in [5, 5.41) is 3.68. The molecule has 5 nitrogen and oxygen atoms in total. The van der Waals surface area contributed by atoms with Crippen LogP contribution in [0.2, 0.25) is 0 Å². The van der Waals surface area contributed by atoms with Gasteiger partial charge in [-0.25, -0.2) is 4.79 Å². The van der Waals surface area contributed by atoms with Crippen LogP contribution in [0.15, 0.2) is 60.7 Å². The minimum Gasteiger partial charge on any atom is -0.311 e. The Hall–Kier alpha value is -2.66. The van der Waals surface area contributed by atoms with E-state index in [9.17, 15) is 9.59 Å². The number of para-hydroxylation sites is 1. The largest absolute Gasteiger partial charge is 0.332 e. The molecule has 2 heterocycles. The Kier molecular flexibility index (Phi) is 6.42. The van der Waals surface area contributed by atoms with Gasteiger partial charge >= 0.3 is 6.03 Å². The number of aryl methyl sites for hydroxylation is 1. The Morgan fingerprint density at radius 3 is 2.06 bits per heavy atom. The molecular formula is C26H33N3O2. The summed E-state index contributed by atoms with van der Waals surface area (Å²) in [6, 6.07) is 20.2. The van der Waals surface area contributed by atoms with E-state index in [1.54, 1.807) is 0 Å². The van der Waals surface area contributed by atoms with Crippen LogP contribution in [0.4, 0.5) is 10.5 Å². The maximum Gasteiger partial charge on any atom is 0.332 e. The molecule has 2 saturated heterocycles. The summed E-state index contributed by atoms with van der Waals surface area (Å²) >= 11 is 0. The van der Waals surface area contributed by atoms with E-state index in [0.29, 0.717) is 19.4 Å². The molecule has 0 bridgehead atoms. The quantitative estimate of drug-likeness (QED) is 0.658. The molecule has 2 aliphatic heterocycles. The highest BCUT2D eigenvalue weighted by Gasteiger charge is 2.60. The van der Waals surface area contributed by atoms with Crippen LogP contribution in [0.25, 0.3) is 0 Å². The molecule has 2 aliphatic rings. The number of hydrogen-bond donors (Lipinski definition) is 1. The lowest BCUT2D eigenvalue weighted by Gasteiger charge is -2.45. The van der Waals surface area contributed by atoms with E-state index in [0.717, 1.165) is 31.4 Å². The SMILES string of the molecule is CC[C@@H]1CC2(C[C@H](CC)N1)C(=O)N(CCCc1ccccc1)C(=O)N2c1ccccc1. The molecular weight excluding hydrogens is 386 g/mol. The second-order valence-corrected chi connectivity index (χ2v) is 8.82. The van der Waals surface area contributed by atoms with E-state index in [4.69, 9.17) is 0 Å². The highest BCUT2D eigenvalue weighted by atomic mass is 16.2. The van der Waals surface area contributed by atoms with E-state index in [2.05, 4.69) is 31.3 Å². The fourth-order valence-corrected chi connectivity index (χ4v) is 5.19. The number of hydrogen-bond acceptors (Lipinski definition) is 3. The zero-order valence-electron chi connectivity index (χ0n) is 18.6. The van der Waals surface area contributed by atoms with Crippen molar-refractivity contribution in [1.29, 1.82) is 0 Å². The second kappa shape index (κ2) is 9.23. The Morgan fingerprint density at radius 2 is 1.48 bits per heavy atom. The van der Waals surface area contributed by atoms with Crippen LogP contribution in [0, 0.1) is 0 Å². The fourth-order valence-electron chi connectivity index (χ4n) is 5.19. The van der Waals surface area contributed by atoms with Crippen molar-refractivity contribution in [2.24, 2.45) is 0 Å². The first-order chi connectivity index (χ1) is 15.1. The standard InChI is InChI=1S/C26H33N3O2/c1-3-21-18-26(19-22(4-2)27-21)24(30)28(17-11-14-20-12-7-5-8-13-20)25(31)29(26)23-15-9-6-10-16-23/h5-10,12-13,15-16,21-22,27H,3-4,11,14,17-19H2,1-2H3/t21-,22+,26?. The van der Waals surface area contributed by atoms with Gasteiger partial charge in [0.1, 0.15) is 5.54 Å². The number of nitrogens with zero attached hydrogens (tertiary/aromatic N) is 2. The van der Waals surface area contributed by atoms with Gasteiger partial charge in [-0.15, -0.1) is 0 Å². The van der Waals surface area contributed by atoms with Gasteiger partial charge in [0.25, 0.3) is 5.91 Å². The molecule has 0 aromatic heterocycles. The third-order valence-corrected chi connectivity index (χ3v) is 6.82. The molecule has 2 fully saturated rings. The van der Waals surface area contributed by atoms with Crippen LogP contribution in [-0.4, -0.2) is 41.0 Å². The van der Waals surface area contributed by atoms with Gasteiger partial charge < -0.3 is 5.32 Å². The maximum absolute atomic E-state index is 13.9. The summed E-state index contributed by atoms with van der Waals surface area (Å²) in [5.74, 6) is -0.0205. The summed E-state index contributed by atoms with van der Waals surface area (Å²) in [5.41, 5.74) is 1.26. The van der Waals surface area contributed by atoms with Gasteiger partial charge in [-0.3, -0.25) is 14.6 Å². The minimum atomic E-state index is -0.794. The van der Waals surface area contributed by atoms with E-state index >= 15 is 0 Å². The first kappa shape index (κ1) is 21.6. The van der Waals surface area contributed by atoms with Gasteiger partial charge in [-0.2, -0.15) is 0 Å². The molecule has 164 valence electrons. The summed E-state index contributed by atoms with van der Waals surface area (Å²) in [7, 11) is 0. The topological polar surface area (TPSA) is 52.7 Å². The van der Waals surface area contributed by atoms with E-state index in [1.165, 1.54) is 10.5 Å². The van der Waals surface area contributed by atoms with Crippen LogP contribution >= 0.6 is 0 Å². The summed E-state index contributed by atoms with van der Waals surface area (Å²) in [6.07, 6.45) is 4.83. The van der Waals surface area contributed by atoms with Crippen LogP contribution in [0.1, 0.15) is 51.5 Å². The Morgan fingerprint density at radius 1 is 0.903 bits per heavy atom. The molecule has 3 amide bonds.